The molecule has 0 radical (unpaired) electrons. The van der Waals surface area contributed by atoms with Crippen LogP contribution in [-0.2, 0) is 10.2 Å². The summed E-state index contributed by atoms with van der Waals surface area (Å²) in [6.45, 7) is 6.46. The van der Waals surface area contributed by atoms with Gasteiger partial charge in [0.1, 0.15) is 11.5 Å². The van der Waals surface area contributed by atoms with Crippen LogP contribution in [0.25, 0.3) is 33.5 Å². The number of rotatable bonds is 2. The molecule has 0 unspecified atom stereocenters. The summed E-state index contributed by atoms with van der Waals surface area (Å²) in [6, 6.07) is 8.43. The SMILES string of the molecule is CCN1C(=O)C(C)(C)c2cc3nc(-c4n[nH]c5ccc(F)cc45)[nH]c3cc21. The first kappa shape index (κ1) is 16.0. The van der Waals surface area contributed by atoms with Crippen LogP contribution in [0, 0.1) is 5.82 Å². The van der Waals surface area contributed by atoms with Crippen molar-refractivity contribution in [3.05, 3.63) is 41.7 Å². The van der Waals surface area contributed by atoms with E-state index in [9.17, 15) is 9.18 Å². The summed E-state index contributed by atoms with van der Waals surface area (Å²) in [6.07, 6.45) is 0. The second-order valence-electron chi connectivity index (χ2n) is 7.41. The number of H-pyrrole nitrogens is 2. The van der Waals surface area contributed by atoms with Crippen LogP contribution in [0.3, 0.4) is 0 Å². The third-order valence-corrected chi connectivity index (χ3v) is 5.41. The van der Waals surface area contributed by atoms with E-state index in [1.54, 1.807) is 11.0 Å². The fourth-order valence-corrected chi connectivity index (χ4v) is 3.92. The summed E-state index contributed by atoms with van der Waals surface area (Å²) in [5.74, 6) is 0.346. The Morgan fingerprint density at radius 1 is 1.19 bits per heavy atom. The number of fused-ring (bicyclic) bond motifs is 3. The summed E-state index contributed by atoms with van der Waals surface area (Å²) >= 11 is 0. The van der Waals surface area contributed by atoms with Crippen molar-refractivity contribution in [2.24, 2.45) is 0 Å². The number of hydrogen-bond acceptors (Lipinski definition) is 3. The fourth-order valence-electron chi connectivity index (χ4n) is 3.92. The number of nitrogens with zero attached hydrogens (tertiary/aromatic N) is 3. The van der Waals surface area contributed by atoms with E-state index in [4.69, 9.17) is 0 Å². The van der Waals surface area contributed by atoms with Gasteiger partial charge in [-0.25, -0.2) is 9.37 Å². The minimum atomic E-state index is -0.583. The molecule has 27 heavy (non-hydrogen) atoms. The van der Waals surface area contributed by atoms with Gasteiger partial charge in [-0.15, -0.1) is 0 Å². The highest BCUT2D eigenvalue weighted by Crippen LogP contribution is 2.43. The molecule has 0 saturated carbocycles. The lowest BCUT2D eigenvalue weighted by molar-refractivity contribution is -0.122. The number of benzene rings is 2. The predicted octanol–water partition coefficient (Wildman–Crippen LogP) is 3.89. The molecular formula is C20H18FN5O. The topological polar surface area (TPSA) is 77.7 Å². The zero-order valence-corrected chi connectivity index (χ0v) is 15.2. The third kappa shape index (κ3) is 2.08. The van der Waals surface area contributed by atoms with Gasteiger partial charge in [-0.3, -0.25) is 9.89 Å². The number of likely N-dealkylation sites (N-methyl/N-ethyl adjacent to an activating group) is 1. The highest BCUT2D eigenvalue weighted by molar-refractivity contribution is 6.09. The van der Waals surface area contributed by atoms with Gasteiger partial charge < -0.3 is 9.88 Å². The Kier molecular flexibility index (Phi) is 3.05. The van der Waals surface area contributed by atoms with Gasteiger partial charge in [0, 0.05) is 11.9 Å². The second kappa shape index (κ2) is 5.16. The lowest BCUT2D eigenvalue weighted by atomic mass is 9.86. The standard InChI is InChI=1S/C20H18FN5O/c1-4-26-16-9-15-14(8-12(16)20(2,3)19(26)27)22-18(23-15)17-11-7-10(21)5-6-13(11)24-25-17/h5-9H,4H2,1-3H3,(H,22,23)(H,24,25). The number of halogens is 1. The summed E-state index contributed by atoms with van der Waals surface area (Å²) in [5, 5.41) is 7.89. The first-order chi connectivity index (χ1) is 12.9. The van der Waals surface area contributed by atoms with Crippen LogP contribution < -0.4 is 4.90 Å². The van der Waals surface area contributed by atoms with Crippen molar-refractivity contribution in [1.29, 1.82) is 0 Å². The molecule has 2 N–H and O–H groups in total. The van der Waals surface area contributed by atoms with Crippen molar-refractivity contribution in [2.45, 2.75) is 26.2 Å². The van der Waals surface area contributed by atoms with Crippen molar-refractivity contribution in [3.63, 3.8) is 0 Å². The van der Waals surface area contributed by atoms with E-state index in [0.717, 1.165) is 27.8 Å². The number of carbonyl (C=O) groups excluding carboxylic acids is 1. The quantitative estimate of drug-likeness (QED) is 0.567. The van der Waals surface area contributed by atoms with Crippen LogP contribution in [0.1, 0.15) is 26.3 Å². The maximum absolute atomic E-state index is 13.7. The number of carbonyl (C=O) groups is 1. The lowest BCUT2D eigenvalue weighted by Crippen LogP contribution is -2.35. The number of amides is 1. The summed E-state index contributed by atoms with van der Waals surface area (Å²) < 4.78 is 13.7. The molecule has 0 atom stereocenters. The average molecular weight is 363 g/mol. The maximum Gasteiger partial charge on any atom is 0.237 e. The van der Waals surface area contributed by atoms with Crippen LogP contribution >= 0.6 is 0 Å². The van der Waals surface area contributed by atoms with Crippen LogP contribution in [0.5, 0.6) is 0 Å². The molecule has 1 aliphatic rings. The molecule has 2 aromatic carbocycles. The summed E-state index contributed by atoms with van der Waals surface area (Å²) in [4.78, 5) is 22.4. The zero-order chi connectivity index (χ0) is 18.9. The van der Waals surface area contributed by atoms with Crippen molar-refractivity contribution in [2.75, 3.05) is 11.4 Å². The monoisotopic (exact) mass is 363 g/mol. The van der Waals surface area contributed by atoms with Gasteiger partial charge in [0.15, 0.2) is 5.82 Å². The molecule has 0 aliphatic carbocycles. The maximum atomic E-state index is 13.7. The number of aromatic amines is 2. The molecule has 7 heteroatoms. The Bertz CT molecular complexity index is 1240. The van der Waals surface area contributed by atoms with Gasteiger partial charge in [-0.1, -0.05) is 0 Å². The molecule has 5 rings (SSSR count). The number of hydrogen-bond donors (Lipinski definition) is 2. The highest BCUT2D eigenvalue weighted by atomic mass is 19.1. The van der Waals surface area contributed by atoms with Gasteiger partial charge in [-0.05, 0) is 56.7 Å². The molecule has 4 aromatic rings. The Morgan fingerprint density at radius 3 is 2.78 bits per heavy atom. The van der Waals surface area contributed by atoms with E-state index >= 15 is 0 Å². The number of imidazole rings is 1. The predicted molar refractivity (Wildman–Crippen MR) is 102 cm³/mol. The zero-order valence-electron chi connectivity index (χ0n) is 15.2. The van der Waals surface area contributed by atoms with Gasteiger partial charge in [0.05, 0.1) is 27.7 Å². The van der Waals surface area contributed by atoms with E-state index in [2.05, 4.69) is 20.2 Å². The van der Waals surface area contributed by atoms with Crippen molar-refractivity contribution >= 4 is 33.5 Å². The van der Waals surface area contributed by atoms with Crippen molar-refractivity contribution in [1.82, 2.24) is 20.2 Å². The molecular weight excluding hydrogens is 345 g/mol. The largest absolute Gasteiger partial charge is 0.337 e. The van der Waals surface area contributed by atoms with Gasteiger partial charge in [0.2, 0.25) is 5.91 Å². The molecule has 1 amide bonds. The molecule has 0 bridgehead atoms. The van der Waals surface area contributed by atoms with E-state index < -0.39 is 5.41 Å². The smallest absolute Gasteiger partial charge is 0.237 e. The first-order valence-electron chi connectivity index (χ1n) is 8.90. The molecule has 0 spiro atoms. The molecule has 3 heterocycles. The normalized spacial score (nSPS) is 15.9. The van der Waals surface area contributed by atoms with Crippen LogP contribution in [0.4, 0.5) is 10.1 Å². The number of nitrogens with one attached hydrogen (secondary N) is 2. The van der Waals surface area contributed by atoms with Crippen LogP contribution in [-0.4, -0.2) is 32.6 Å². The van der Waals surface area contributed by atoms with Gasteiger partial charge in [-0.2, -0.15) is 5.10 Å². The van der Waals surface area contributed by atoms with E-state index in [-0.39, 0.29) is 11.7 Å². The Hall–Kier alpha value is -3.22. The van der Waals surface area contributed by atoms with Crippen molar-refractivity contribution < 1.29 is 9.18 Å². The fraction of sp³-hybridized carbons (Fsp3) is 0.250. The Balaban J connectivity index is 1.72. The van der Waals surface area contributed by atoms with Crippen molar-refractivity contribution in [3.8, 4) is 11.5 Å². The van der Waals surface area contributed by atoms with Gasteiger partial charge >= 0.3 is 0 Å². The minimum Gasteiger partial charge on any atom is -0.337 e. The average Bonchev–Trinajstić information content (AvgIpc) is 3.27. The molecule has 1 aliphatic heterocycles. The number of anilines is 1. The third-order valence-electron chi connectivity index (χ3n) is 5.41. The summed E-state index contributed by atoms with van der Waals surface area (Å²) in [5.41, 5.74) is 4.20. The number of aromatic nitrogens is 4. The van der Waals surface area contributed by atoms with E-state index in [1.807, 2.05) is 32.9 Å². The van der Waals surface area contributed by atoms with E-state index in [1.165, 1.54) is 12.1 Å². The molecule has 6 nitrogen and oxygen atoms in total. The Labute approximate surface area is 154 Å². The molecule has 0 saturated heterocycles. The van der Waals surface area contributed by atoms with Gasteiger partial charge in [0.25, 0.3) is 0 Å². The summed E-state index contributed by atoms with van der Waals surface area (Å²) in [7, 11) is 0. The molecule has 2 aromatic heterocycles. The Morgan fingerprint density at radius 2 is 2.00 bits per heavy atom. The molecule has 0 fully saturated rings. The highest BCUT2D eigenvalue weighted by Gasteiger charge is 2.43. The van der Waals surface area contributed by atoms with Crippen LogP contribution in [0.15, 0.2) is 30.3 Å². The lowest BCUT2D eigenvalue weighted by Gasteiger charge is -2.18. The molecule has 136 valence electrons. The minimum absolute atomic E-state index is 0.0987. The first-order valence-corrected chi connectivity index (χ1v) is 8.90. The second-order valence-corrected chi connectivity index (χ2v) is 7.41. The van der Waals surface area contributed by atoms with Crippen LogP contribution in [0.2, 0.25) is 0 Å². The van der Waals surface area contributed by atoms with E-state index in [0.29, 0.717) is 23.4 Å².